The van der Waals surface area contributed by atoms with Gasteiger partial charge in [0.25, 0.3) is 11.8 Å². The minimum atomic E-state index is -1.70. The summed E-state index contributed by atoms with van der Waals surface area (Å²) in [6.07, 6.45) is -1.47. The number of carbonyl (C=O) groups is 1. The van der Waals surface area contributed by atoms with Gasteiger partial charge in [0.15, 0.2) is 0 Å². The Morgan fingerprint density at radius 1 is 1.32 bits per heavy atom. The highest BCUT2D eigenvalue weighted by Gasteiger charge is 2.25. The van der Waals surface area contributed by atoms with Gasteiger partial charge in [-0.1, -0.05) is 0 Å². The summed E-state index contributed by atoms with van der Waals surface area (Å²) in [5.74, 6) is -1.20. The fraction of sp³-hybridized carbons (Fsp3) is 0.357. The fourth-order valence-electron chi connectivity index (χ4n) is 2.52. The molecule has 0 atom stereocenters. The first kappa shape index (κ1) is 15.9. The lowest BCUT2D eigenvalue weighted by Gasteiger charge is -2.31. The van der Waals surface area contributed by atoms with Crippen molar-refractivity contribution in [3.63, 3.8) is 0 Å². The van der Waals surface area contributed by atoms with Crippen LogP contribution in [0.4, 0.5) is 20.2 Å². The second-order valence-electron chi connectivity index (χ2n) is 5.07. The Morgan fingerprint density at radius 3 is 2.36 bits per heavy atom. The zero-order valence-electron chi connectivity index (χ0n) is 11.8. The maximum Gasteiger partial charge on any atom is 0.337 e. The molecule has 1 aliphatic heterocycles. The Morgan fingerprint density at radius 2 is 1.91 bits per heavy atom. The number of benzene rings is 1. The monoisotopic (exact) mass is 312 g/mol. The fourth-order valence-corrected chi connectivity index (χ4v) is 2.52. The molecule has 22 heavy (non-hydrogen) atoms. The number of hydrogen-bond donors (Lipinski definition) is 1. The van der Waals surface area contributed by atoms with Gasteiger partial charge in [0.2, 0.25) is 0 Å². The molecule has 0 aliphatic carbocycles. The standard InChI is InChI=1S/C14H14F2N2O4/c1-8-6-10(14(19)20)12(7-11(8)18(21)22)17-4-2-9(3-5-17)13(15)16/h6-7H,2-5H2,1H3,(H,19,20). The molecular formula is C14H14F2N2O4. The van der Waals surface area contributed by atoms with Gasteiger partial charge in [0, 0.05) is 24.7 Å². The zero-order chi connectivity index (χ0) is 16.4. The highest BCUT2D eigenvalue weighted by molar-refractivity contribution is 5.95. The van der Waals surface area contributed by atoms with Gasteiger partial charge in [-0.2, -0.15) is 8.78 Å². The highest BCUT2D eigenvalue weighted by Crippen LogP contribution is 2.33. The van der Waals surface area contributed by atoms with Crippen LogP contribution in [0.5, 0.6) is 0 Å². The summed E-state index contributed by atoms with van der Waals surface area (Å²) in [5.41, 5.74) is 0.255. The van der Waals surface area contributed by atoms with Gasteiger partial charge in [-0.15, -0.1) is 0 Å². The molecule has 0 unspecified atom stereocenters. The van der Waals surface area contributed by atoms with Gasteiger partial charge in [0.05, 0.1) is 16.2 Å². The third kappa shape index (κ3) is 3.05. The Kier molecular flexibility index (Phi) is 4.39. The summed E-state index contributed by atoms with van der Waals surface area (Å²) >= 11 is 0. The molecular weight excluding hydrogens is 298 g/mol. The maximum absolute atomic E-state index is 12.6. The molecule has 118 valence electrons. The van der Waals surface area contributed by atoms with Crippen molar-refractivity contribution >= 4 is 17.3 Å². The van der Waals surface area contributed by atoms with Crippen LogP contribution in [0.25, 0.3) is 0 Å². The van der Waals surface area contributed by atoms with E-state index in [0.717, 1.165) is 0 Å². The van der Waals surface area contributed by atoms with Crippen LogP contribution in [0.1, 0.15) is 28.8 Å². The third-order valence-corrected chi connectivity index (χ3v) is 3.72. The molecule has 0 saturated carbocycles. The lowest BCUT2D eigenvalue weighted by molar-refractivity contribution is -0.385. The number of halogens is 2. The van der Waals surface area contributed by atoms with E-state index in [-0.39, 0.29) is 54.0 Å². The van der Waals surface area contributed by atoms with Crippen molar-refractivity contribution < 1.29 is 23.6 Å². The van der Waals surface area contributed by atoms with E-state index in [9.17, 15) is 28.8 Å². The molecule has 1 heterocycles. The number of nitro groups is 1. The molecule has 6 nitrogen and oxygen atoms in total. The van der Waals surface area contributed by atoms with Crippen LogP contribution in [0.15, 0.2) is 23.8 Å². The summed E-state index contributed by atoms with van der Waals surface area (Å²) in [4.78, 5) is 23.4. The SMILES string of the molecule is Cc1cc(C(=O)O)c(N2CCC(=C(F)F)CC2)cc1[N+](=O)[O-]. The number of carboxylic acid groups (broad SMARTS) is 1. The summed E-state index contributed by atoms with van der Waals surface area (Å²) in [6, 6.07) is 2.45. The lowest BCUT2D eigenvalue weighted by Crippen LogP contribution is -2.32. The molecule has 1 aromatic carbocycles. The minimum Gasteiger partial charge on any atom is -0.478 e. The lowest BCUT2D eigenvalue weighted by atomic mass is 10.0. The van der Waals surface area contributed by atoms with Gasteiger partial charge >= 0.3 is 5.97 Å². The molecule has 1 fully saturated rings. The van der Waals surface area contributed by atoms with Crippen LogP contribution in [0.3, 0.4) is 0 Å². The Bertz CT molecular complexity index is 659. The van der Waals surface area contributed by atoms with Gasteiger partial charge in [0.1, 0.15) is 0 Å². The molecule has 0 amide bonds. The normalized spacial score (nSPS) is 14.9. The van der Waals surface area contributed by atoms with E-state index in [1.807, 2.05) is 0 Å². The van der Waals surface area contributed by atoms with Crippen molar-refractivity contribution in [2.24, 2.45) is 0 Å². The largest absolute Gasteiger partial charge is 0.478 e. The second-order valence-corrected chi connectivity index (χ2v) is 5.07. The number of aryl methyl sites for hydroxylation is 1. The van der Waals surface area contributed by atoms with Crippen molar-refractivity contribution in [3.8, 4) is 0 Å². The van der Waals surface area contributed by atoms with E-state index in [1.54, 1.807) is 4.90 Å². The first-order chi connectivity index (χ1) is 10.3. The quantitative estimate of drug-likeness (QED) is 0.683. The zero-order valence-corrected chi connectivity index (χ0v) is 11.8. The van der Waals surface area contributed by atoms with Crippen LogP contribution in [0, 0.1) is 17.0 Å². The smallest absolute Gasteiger partial charge is 0.337 e. The molecule has 0 spiro atoms. The molecule has 0 bridgehead atoms. The number of nitro benzene ring substituents is 1. The number of carboxylic acids is 1. The van der Waals surface area contributed by atoms with Crippen LogP contribution in [-0.2, 0) is 0 Å². The highest BCUT2D eigenvalue weighted by atomic mass is 19.3. The molecule has 1 N–H and O–H groups in total. The van der Waals surface area contributed by atoms with E-state index < -0.39 is 17.0 Å². The number of aromatic carboxylic acids is 1. The topological polar surface area (TPSA) is 83.7 Å². The van der Waals surface area contributed by atoms with Crippen molar-refractivity contribution in [1.82, 2.24) is 0 Å². The maximum atomic E-state index is 12.6. The number of hydrogen-bond acceptors (Lipinski definition) is 4. The third-order valence-electron chi connectivity index (χ3n) is 3.72. The van der Waals surface area contributed by atoms with Gasteiger partial charge in [-0.05, 0) is 31.4 Å². The van der Waals surface area contributed by atoms with Crippen molar-refractivity contribution in [2.75, 3.05) is 18.0 Å². The average molecular weight is 312 g/mol. The van der Waals surface area contributed by atoms with E-state index in [4.69, 9.17) is 0 Å². The van der Waals surface area contributed by atoms with Crippen molar-refractivity contribution in [3.05, 3.63) is 45.0 Å². The van der Waals surface area contributed by atoms with Crippen molar-refractivity contribution in [1.29, 1.82) is 0 Å². The van der Waals surface area contributed by atoms with Crippen LogP contribution in [0.2, 0.25) is 0 Å². The number of rotatable bonds is 3. The molecule has 0 radical (unpaired) electrons. The van der Waals surface area contributed by atoms with Crippen LogP contribution in [-0.4, -0.2) is 29.1 Å². The van der Waals surface area contributed by atoms with Gasteiger partial charge in [-0.25, -0.2) is 4.79 Å². The van der Waals surface area contributed by atoms with E-state index >= 15 is 0 Å². The Hall–Kier alpha value is -2.51. The van der Waals surface area contributed by atoms with Gasteiger partial charge < -0.3 is 10.0 Å². The van der Waals surface area contributed by atoms with Crippen molar-refractivity contribution in [2.45, 2.75) is 19.8 Å². The molecule has 8 heteroatoms. The van der Waals surface area contributed by atoms with E-state index in [1.165, 1.54) is 19.1 Å². The summed E-state index contributed by atoms with van der Waals surface area (Å²) in [7, 11) is 0. The predicted octanol–water partition coefficient (Wildman–Crippen LogP) is 3.35. The summed E-state index contributed by atoms with van der Waals surface area (Å²) < 4.78 is 25.1. The van der Waals surface area contributed by atoms with Crippen LogP contribution < -0.4 is 4.90 Å². The van der Waals surface area contributed by atoms with E-state index in [0.29, 0.717) is 0 Å². The first-order valence-electron chi connectivity index (χ1n) is 6.61. The molecule has 1 saturated heterocycles. The number of nitrogens with zero attached hydrogens (tertiary/aromatic N) is 2. The van der Waals surface area contributed by atoms with Gasteiger partial charge in [-0.3, -0.25) is 10.1 Å². The molecule has 2 rings (SSSR count). The number of piperidine rings is 1. The minimum absolute atomic E-state index is 0.0507. The summed E-state index contributed by atoms with van der Waals surface area (Å²) in [6.45, 7) is 1.87. The first-order valence-corrected chi connectivity index (χ1v) is 6.61. The predicted molar refractivity (Wildman–Crippen MR) is 75.5 cm³/mol. The second kappa shape index (κ2) is 6.08. The Balaban J connectivity index is 2.41. The Labute approximate surface area is 124 Å². The summed E-state index contributed by atoms with van der Waals surface area (Å²) in [5, 5.41) is 20.3. The molecule has 0 aromatic heterocycles. The van der Waals surface area contributed by atoms with Crippen LogP contribution >= 0.6 is 0 Å². The average Bonchev–Trinajstić information content (AvgIpc) is 2.46. The molecule has 1 aliphatic rings. The number of anilines is 1. The molecule has 1 aromatic rings. The van der Waals surface area contributed by atoms with E-state index in [2.05, 4.69) is 0 Å².